The summed E-state index contributed by atoms with van der Waals surface area (Å²) in [7, 11) is 0. The molecule has 0 bridgehead atoms. The molecule has 0 rings (SSSR count). The Bertz CT molecular complexity index is 313. The number of nitrogens with one attached hydrogen (secondary N) is 1. The number of carboxylic acids is 1. The summed E-state index contributed by atoms with van der Waals surface area (Å²) in [5, 5.41) is 19.8. The first-order chi connectivity index (χ1) is 11.1. The third-order valence-electron chi connectivity index (χ3n) is 3.72. The van der Waals surface area contributed by atoms with Crippen LogP contribution in [0.4, 0.5) is 0 Å². The normalized spacial score (nSPS) is 12.7. The fraction of sp³-hybridized carbons (Fsp3) is 0.882. The van der Waals surface area contributed by atoms with Crippen LogP contribution in [0, 0.1) is 0 Å². The number of carboxylic acid groups (broad SMARTS) is 1. The van der Waals surface area contributed by atoms with Crippen molar-refractivity contribution < 1.29 is 21.2 Å². The summed E-state index contributed by atoms with van der Waals surface area (Å²) in [6.07, 6.45) is 12.9. The molecular weight excluding hydrogens is 282 g/mol. The SMILES string of the molecule is [2H]CCCCCCCCCCCCCC(=O)N[C@@H](CO)C(=O)O. The Morgan fingerprint density at radius 2 is 1.45 bits per heavy atom. The molecule has 0 aliphatic heterocycles. The molecule has 0 unspecified atom stereocenters. The molecule has 5 nitrogen and oxygen atoms in total. The third kappa shape index (κ3) is 12.6. The number of carbonyl (C=O) groups is 2. The molecule has 0 aromatic heterocycles. The number of aliphatic hydroxyl groups is 1. The highest BCUT2D eigenvalue weighted by Crippen LogP contribution is 2.11. The summed E-state index contributed by atoms with van der Waals surface area (Å²) in [6, 6.07) is -1.19. The monoisotopic (exact) mass is 316 g/mol. The number of aliphatic carboxylic acids is 1. The van der Waals surface area contributed by atoms with E-state index in [1.807, 2.05) is 0 Å². The second-order valence-corrected chi connectivity index (χ2v) is 5.78. The summed E-state index contributed by atoms with van der Waals surface area (Å²) in [4.78, 5) is 22.2. The Labute approximate surface area is 135 Å². The number of carbonyl (C=O) groups excluding carboxylic acids is 1. The Kier molecular flexibility index (Phi) is 12.8. The maximum atomic E-state index is 11.5. The van der Waals surface area contributed by atoms with Crippen molar-refractivity contribution >= 4 is 11.9 Å². The minimum absolute atomic E-state index is 0.306. The number of amides is 1. The molecule has 1 atom stereocenters. The van der Waals surface area contributed by atoms with Gasteiger partial charge in [-0.25, -0.2) is 4.79 Å². The van der Waals surface area contributed by atoms with Crippen LogP contribution in [-0.4, -0.2) is 34.7 Å². The number of hydrogen-bond acceptors (Lipinski definition) is 3. The van der Waals surface area contributed by atoms with Crippen LogP contribution in [0.3, 0.4) is 0 Å². The molecule has 3 N–H and O–H groups in total. The van der Waals surface area contributed by atoms with Gasteiger partial charge >= 0.3 is 5.97 Å². The average Bonchev–Trinajstić information content (AvgIpc) is 2.53. The van der Waals surface area contributed by atoms with E-state index in [-0.39, 0.29) is 5.91 Å². The van der Waals surface area contributed by atoms with E-state index in [4.69, 9.17) is 11.6 Å². The number of hydrogen-bond donors (Lipinski definition) is 3. The zero-order chi connectivity index (χ0) is 17.3. The van der Waals surface area contributed by atoms with Crippen LogP contribution in [0.1, 0.15) is 85.3 Å². The average molecular weight is 316 g/mol. The van der Waals surface area contributed by atoms with Crippen LogP contribution < -0.4 is 5.32 Å². The van der Waals surface area contributed by atoms with E-state index in [9.17, 15) is 9.59 Å². The van der Waals surface area contributed by atoms with Gasteiger partial charge in [-0.2, -0.15) is 0 Å². The molecule has 0 aliphatic carbocycles. The zero-order valence-electron chi connectivity index (χ0n) is 14.7. The maximum Gasteiger partial charge on any atom is 0.328 e. The second-order valence-electron chi connectivity index (χ2n) is 5.78. The molecular formula is C17H33NO4. The molecule has 22 heavy (non-hydrogen) atoms. The predicted molar refractivity (Wildman–Crippen MR) is 87.7 cm³/mol. The summed E-state index contributed by atoms with van der Waals surface area (Å²) < 4.78 is 7.06. The fourth-order valence-corrected chi connectivity index (χ4v) is 2.33. The lowest BCUT2D eigenvalue weighted by Crippen LogP contribution is -2.43. The number of aliphatic hydroxyl groups excluding tert-OH is 1. The molecule has 0 aromatic rings. The van der Waals surface area contributed by atoms with Crippen LogP contribution in [-0.2, 0) is 9.59 Å². The lowest BCUT2D eigenvalue weighted by molar-refractivity contribution is -0.142. The van der Waals surface area contributed by atoms with E-state index in [0.29, 0.717) is 13.3 Å². The Hall–Kier alpha value is -1.10. The highest BCUT2D eigenvalue weighted by molar-refractivity contribution is 5.83. The summed E-state index contributed by atoms with van der Waals surface area (Å²) >= 11 is 0. The smallest absolute Gasteiger partial charge is 0.328 e. The van der Waals surface area contributed by atoms with Gasteiger partial charge in [0, 0.05) is 7.79 Å². The van der Waals surface area contributed by atoms with Gasteiger partial charge in [-0.05, 0) is 6.42 Å². The van der Waals surface area contributed by atoms with Gasteiger partial charge in [-0.15, -0.1) is 0 Å². The van der Waals surface area contributed by atoms with Crippen molar-refractivity contribution in [2.45, 2.75) is 90.0 Å². The Balaban J connectivity index is 3.32. The predicted octanol–water partition coefficient (Wildman–Crippen LogP) is 3.25. The van der Waals surface area contributed by atoms with Crippen molar-refractivity contribution in [1.29, 1.82) is 0 Å². The Morgan fingerprint density at radius 3 is 1.91 bits per heavy atom. The molecule has 5 heteroatoms. The van der Waals surface area contributed by atoms with E-state index < -0.39 is 18.6 Å². The van der Waals surface area contributed by atoms with Crippen molar-refractivity contribution in [3.8, 4) is 0 Å². The fourth-order valence-electron chi connectivity index (χ4n) is 2.33. The molecule has 0 saturated heterocycles. The van der Waals surface area contributed by atoms with Crippen LogP contribution in [0.25, 0.3) is 0 Å². The molecule has 0 aliphatic rings. The topological polar surface area (TPSA) is 86.6 Å². The zero-order valence-corrected chi connectivity index (χ0v) is 13.7. The molecule has 0 saturated carbocycles. The molecule has 0 radical (unpaired) electrons. The molecule has 0 fully saturated rings. The molecule has 0 spiro atoms. The highest BCUT2D eigenvalue weighted by Gasteiger charge is 2.17. The molecule has 0 aromatic carbocycles. The minimum atomic E-state index is -1.21. The number of rotatable bonds is 15. The van der Waals surface area contributed by atoms with Crippen LogP contribution in [0.5, 0.6) is 0 Å². The largest absolute Gasteiger partial charge is 0.480 e. The number of unbranched alkanes of at least 4 members (excludes halogenated alkanes) is 10. The van der Waals surface area contributed by atoms with Crippen molar-refractivity contribution in [2.24, 2.45) is 0 Å². The lowest BCUT2D eigenvalue weighted by Gasteiger charge is -2.11. The summed E-state index contributed by atoms with van der Waals surface area (Å²) in [5.41, 5.74) is 0. The van der Waals surface area contributed by atoms with Gasteiger partial charge in [-0.1, -0.05) is 71.1 Å². The first kappa shape index (κ1) is 18.9. The van der Waals surface area contributed by atoms with Crippen molar-refractivity contribution in [3.63, 3.8) is 0 Å². The van der Waals surface area contributed by atoms with Crippen molar-refractivity contribution in [2.75, 3.05) is 6.61 Å². The van der Waals surface area contributed by atoms with Gasteiger partial charge in [0.05, 0.1) is 6.61 Å². The van der Waals surface area contributed by atoms with Crippen molar-refractivity contribution in [3.05, 3.63) is 0 Å². The first-order valence-corrected chi connectivity index (χ1v) is 8.54. The third-order valence-corrected chi connectivity index (χ3v) is 3.72. The minimum Gasteiger partial charge on any atom is -0.480 e. The van der Waals surface area contributed by atoms with E-state index in [1.165, 1.54) is 44.9 Å². The lowest BCUT2D eigenvalue weighted by atomic mass is 10.1. The van der Waals surface area contributed by atoms with E-state index in [1.54, 1.807) is 0 Å². The van der Waals surface area contributed by atoms with Crippen LogP contribution in [0.2, 0.25) is 0 Å². The van der Waals surface area contributed by atoms with Crippen molar-refractivity contribution in [1.82, 2.24) is 5.32 Å². The molecule has 130 valence electrons. The van der Waals surface area contributed by atoms with Gasteiger partial charge < -0.3 is 15.5 Å². The summed E-state index contributed by atoms with van der Waals surface area (Å²) in [6.45, 7) is -0.0286. The van der Waals surface area contributed by atoms with Crippen LogP contribution >= 0.6 is 0 Å². The summed E-state index contributed by atoms with van der Waals surface area (Å²) in [5.74, 6) is -1.51. The quantitative estimate of drug-likeness (QED) is 0.405. The van der Waals surface area contributed by atoms with E-state index in [0.717, 1.165) is 25.7 Å². The van der Waals surface area contributed by atoms with Gasteiger partial charge in [0.1, 0.15) is 6.04 Å². The maximum absolute atomic E-state index is 11.5. The second kappa shape index (κ2) is 14.8. The van der Waals surface area contributed by atoms with Gasteiger partial charge in [0.2, 0.25) is 5.91 Å². The highest BCUT2D eigenvalue weighted by atomic mass is 16.4. The van der Waals surface area contributed by atoms with Gasteiger partial charge in [0.25, 0.3) is 0 Å². The van der Waals surface area contributed by atoms with Gasteiger partial charge in [0.15, 0.2) is 0 Å². The van der Waals surface area contributed by atoms with Gasteiger partial charge in [-0.3, -0.25) is 4.79 Å². The first-order valence-electron chi connectivity index (χ1n) is 9.24. The Morgan fingerprint density at radius 1 is 0.955 bits per heavy atom. The van der Waals surface area contributed by atoms with E-state index >= 15 is 0 Å². The standard InChI is InChI=1S/C17H33NO4/c1-2-3-4-5-6-7-8-9-10-11-12-13-16(20)18-15(14-19)17(21)22/h15,19H,2-14H2,1H3,(H,18,20)(H,21,22)/t15-/m0/s1/i1D. The van der Waals surface area contributed by atoms with E-state index in [2.05, 4.69) is 5.32 Å². The molecule has 0 heterocycles. The molecule has 1 amide bonds. The van der Waals surface area contributed by atoms with Crippen LogP contribution in [0.15, 0.2) is 0 Å².